The summed E-state index contributed by atoms with van der Waals surface area (Å²) < 4.78 is 0. The number of amides is 1. The smallest absolute Gasteiger partial charge is 0.225 e. The number of rotatable bonds is 5. The molecule has 1 rings (SSSR count). The number of halogens is 1. The highest BCUT2D eigenvalue weighted by Crippen LogP contribution is 2.12. The number of carbonyl (C=O) groups excluding carboxylic acids is 1. The van der Waals surface area contributed by atoms with Crippen molar-refractivity contribution in [2.45, 2.75) is 13.0 Å². The lowest BCUT2D eigenvalue weighted by atomic mass is 10.2. The first-order chi connectivity index (χ1) is 7.61. The molecule has 1 N–H and O–H groups in total. The Morgan fingerprint density at radius 2 is 2.19 bits per heavy atom. The van der Waals surface area contributed by atoms with Crippen LogP contribution in [0.2, 0.25) is 0 Å². The fourth-order valence-electron chi connectivity index (χ4n) is 1.42. The lowest BCUT2D eigenvalue weighted by Crippen LogP contribution is -2.13. The molecule has 1 aromatic rings. The molecule has 0 fully saturated rings. The monoisotopic (exact) mass is 284 g/mol. The Labute approximate surface area is 105 Å². The lowest BCUT2D eigenvalue weighted by Gasteiger charge is -2.11. The summed E-state index contributed by atoms with van der Waals surface area (Å²) >= 11 is 3.24. The molecule has 0 saturated heterocycles. The van der Waals surface area contributed by atoms with Gasteiger partial charge in [0.25, 0.3) is 0 Å². The van der Waals surface area contributed by atoms with Crippen LogP contribution in [0.4, 0.5) is 5.69 Å². The normalized spacial score (nSPS) is 10.5. The van der Waals surface area contributed by atoms with E-state index in [0.29, 0.717) is 11.8 Å². The van der Waals surface area contributed by atoms with Crippen LogP contribution in [0.1, 0.15) is 12.0 Å². The molecule has 0 aromatic heterocycles. The van der Waals surface area contributed by atoms with Gasteiger partial charge in [0.1, 0.15) is 0 Å². The number of hydrogen-bond acceptors (Lipinski definition) is 2. The van der Waals surface area contributed by atoms with E-state index >= 15 is 0 Å². The first-order valence-corrected chi connectivity index (χ1v) is 6.33. The molecule has 0 aliphatic rings. The van der Waals surface area contributed by atoms with E-state index in [1.54, 1.807) is 0 Å². The van der Waals surface area contributed by atoms with Crippen LogP contribution in [0.15, 0.2) is 24.3 Å². The van der Waals surface area contributed by atoms with Crippen molar-refractivity contribution in [3.63, 3.8) is 0 Å². The fraction of sp³-hybridized carbons (Fsp3) is 0.417. The van der Waals surface area contributed by atoms with Gasteiger partial charge in [-0.15, -0.1) is 0 Å². The minimum absolute atomic E-state index is 0.0406. The van der Waals surface area contributed by atoms with Crippen molar-refractivity contribution >= 4 is 27.5 Å². The van der Waals surface area contributed by atoms with Crippen LogP contribution in [0.5, 0.6) is 0 Å². The van der Waals surface area contributed by atoms with Gasteiger partial charge in [0, 0.05) is 24.0 Å². The predicted molar refractivity (Wildman–Crippen MR) is 70.9 cm³/mol. The molecule has 16 heavy (non-hydrogen) atoms. The number of nitrogens with one attached hydrogen (secondary N) is 1. The average Bonchev–Trinajstić information content (AvgIpc) is 2.17. The molecule has 0 spiro atoms. The highest BCUT2D eigenvalue weighted by molar-refractivity contribution is 9.09. The maximum absolute atomic E-state index is 11.4. The van der Waals surface area contributed by atoms with E-state index in [1.165, 1.54) is 5.56 Å². The second kappa shape index (κ2) is 6.66. The predicted octanol–water partition coefficient (Wildman–Crippen LogP) is 2.47. The minimum atomic E-state index is 0.0406. The van der Waals surface area contributed by atoms with Crippen molar-refractivity contribution in [2.24, 2.45) is 0 Å². The van der Waals surface area contributed by atoms with Crippen molar-refractivity contribution in [3.8, 4) is 0 Å². The van der Waals surface area contributed by atoms with Crippen molar-refractivity contribution < 1.29 is 4.79 Å². The molecule has 1 amide bonds. The molecule has 0 unspecified atom stereocenters. The topological polar surface area (TPSA) is 32.3 Å². The molecule has 0 saturated carbocycles. The Morgan fingerprint density at radius 3 is 2.81 bits per heavy atom. The average molecular weight is 285 g/mol. The third-order valence-corrected chi connectivity index (χ3v) is 2.43. The van der Waals surface area contributed by atoms with Crippen LogP contribution in [0, 0.1) is 0 Å². The second-order valence-corrected chi connectivity index (χ2v) is 4.72. The van der Waals surface area contributed by atoms with Crippen molar-refractivity contribution in [1.82, 2.24) is 4.90 Å². The van der Waals surface area contributed by atoms with Gasteiger partial charge in [-0.2, -0.15) is 0 Å². The maximum Gasteiger partial charge on any atom is 0.225 e. The maximum atomic E-state index is 11.4. The third kappa shape index (κ3) is 4.77. The molecule has 0 aliphatic carbocycles. The zero-order valence-corrected chi connectivity index (χ0v) is 11.3. The molecule has 0 aliphatic heterocycles. The SMILES string of the molecule is CN(C)Cc1cccc(NC(=O)CCBr)c1. The van der Waals surface area contributed by atoms with E-state index in [9.17, 15) is 4.79 Å². The van der Waals surface area contributed by atoms with Gasteiger partial charge in [0.2, 0.25) is 5.91 Å². The van der Waals surface area contributed by atoms with Crippen LogP contribution in [0.25, 0.3) is 0 Å². The summed E-state index contributed by atoms with van der Waals surface area (Å²) in [6, 6.07) is 7.93. The van der Waals surface area contributed by atoms with E-state index in [0.717, 1.165) is 12.2 Å². The molecule has 4 heteroatoms. The molecular weight excluding hydrogens is 268 g/mol. The molecule has 0 atom stereocenters. The lowest BCUT2D eigenvalue weighted by molar-refractivity contribution is -0.115. The second-order valence-electron chi connectivity index (χ2n) is 3.93. The van der Waals surface area contributed by atoms with Crippen LogP contribution in [0.3, 0.4) is 0 Å². The van der Waals surface area contributed by atoms with Gasteiger partial charge >= 0.3 is 0 Å². The number of carbonyl (C=O) groups is 1. The van der Waals surface area contributed by atoms with Gasteiger partial charge in [-0.3, -0.25) is 4.79 Å². The summed E-state index contributed by atoms with van der Waals surface area (Å²) in [4.78, 5) is 13.5. The summed E-state index contributed by atoms with van der Waals surface area (Å²) in [6.45, 7) is 0.877. The molecule has 0 radical (unpaired) electrons. The van der Waals surface area contributed by atoms with Gasteiger partial charge in [0.15, 0.2) is 0 Å². The molecule has 1 aromatic carbocycles. The Morgan fingerprint density at radius 1 is 1.44 bits per heavy atom. The standard InChI is InChI=1S/C12H17BrN2O/c1-15(2)9-10-4-3-5-11(8-10)14-12(16)6-7-13/h3-5,8H,6-7,9H2,1-2H3,(H,14,16). The van der Waals surface area contributed by atoms with Crippen molar-refractivity contribution in [3.05, 3.63) is 29.8 Å². The van der Waals surface area contributed by atoms with E-state index < -0.39 is 0 Å². The highest BCUT2D eigenvalue weighted by atomic mass is 79.9. The summed E-state index contributed by atoms with van der Waals surface area (Å²) in [5, 5.41) is 3.56. The molecule has 3 nitrogen and oxygen atoms in total. The Hall–Kier alpha value is -0.870. The molecule has 88 valence electrons. The van der Waals surface area contributed by atoms with E-state index in [2.05, 4.69) is 32.2 Å². The van der Waals surface area contributed by atoms with Crippen molar-refractivity contribution in [1.29, 1.82) is 0 Å². The minimum Gasteiger partial charge on any atom is -0.326 e. The van der Waals surface area contributed by atoms with E-state index in [-0.39, 0.29) is 5.91 Å². The number of hydrogen-bond donors (Lipinski definition) is 1. The van der Waals surface area contributed by atoms with E-state index in [4.69, 9.17) is 0 Å². The quantitative estimate of drug-likeness (QED) is 0.843. The van der Waals surface area contributed by atoms with Gasteiger partial charge in [0.05, 0.1) is 0 Å². The Kier molecular flexibility index (Phi) is 5.49. The number of nitrogens with zero attached hydrogens (tertiary/aromatic N) is 1. The zero-order chi connectivity index (χ0) is 12.0. The molecular formula is C12H17BrN2O. The summed E-state index contributed by atoms with van der Waals surface area (Å²) in [5.41, 5.74) is 2.06. The van der Waals surface area contributed by atoms with E-state index in [1.807, 2.05) is 32.3 Å². The van der Waals surface area contributed by atoms with Crippen LogP contribution in [-0.4, -0.2) is 30.2 Å². The van der Waals surface area contributed by atoms with Gasteiger partial charge in [-0.25, -0.2) is 0 Å². The Balaban J connectivity index is 2.63. The summed E-state index contributed by atoms with van der Waals surface area (Å²) in [7, 11) is 4.05. The third-order valence-electron chi connectivity index (χ3n) is 2.03. The Bertz CT molecular complexity index is 353. The molecule has 0 heterocycles. The molecule has 0 bridgehead atoms. The highest BCUT2D eigenvalue weighted by Gasteiger charge is 2.02. The van der Waals surface area contributed by atoms with Crippen LogP contribution in [-0.2, 0) is 11.3 Å². The number of alkyl halides is 1. The first-order valence-electron chi connectivity index (χ1n) is 5.21. The van der Waals surface area contributed by atoms with Crippen LogP contribution >= 0.6 is 15.9 Å². The number of anilines is 1. The van der Waals surface area contributed by atoms with Crippen LogP contribution < -0.4 is 5.32 Å². The summed E-state index contributed by atoms with van der Waals surface area (Å²) in [5.74, 6) is 0.0406. The van der Waals surface area contributed by atoms with Gasteiger partial charge in [-0.1, -0.05) is 28.1 Å². The fourth-order valence-corrected chi connectivity index (χ4v) is 1.78. The van der Waals surface area contributed by atoms with Crippen molar-refractivity contribution in [2.75, 3.05) is 24.7 Å². The first kappa shape index (κ1) is 13.2. The van der Waals surface area contributed by atoms with Gasteiger partial charge < -0.3 is 10.2 Å². The zero-order valence-electron chi connectivity index (χ0n) is 9.66. The number of benzene rings is 1. The largest absolute Gasteiger partial charge is 0.326 e. The summed E-state index contributed by atoms with van der Waals surface area (Å²) in [6.07, 6.45) is 0.498. The van der Waals surface area contributed by atoms with Gasteiger partial charge in [-0.05, 0) is 31.8 Å².